The molecule has 1 N–H and O–H groups in total. The van der Waals surface area contributed by atoms with Gasteiger partial charge in [-0.05, 0) is 31.2 Å². The van der Waals surface area contributed by atoms with Gasteiger partial charge in [0.25, 0.3) is 0 Å². The first kappa shape index (κ1) is 13.1. The van der Waals surface area contributed by atoms with E-state index in [0.717, 1.165) is 23.5 Å². The Morgan fingerprint density at radius 1 is 1.47 bits per heavy atom. The van der Waals surface area contributed by atoms with Crippen molar-refractivity contribution in [3.63, 3.8) is 0 Å². The van der Waals surface area contributed by atoms with E-state index in [4.69, 9.17) is 9.84 Å². The minimum atomic E-state index is -1.23. The van der Waals surface area contributed by atoms with E-state index < -0.39 is 11.8 Å². The third kappa shape index (κ3) is 2.90. The minimum Gasteiger partial charge on any atom is -0.486 e. The van der Waals surface area contributed by atoms with Crippen molar-refractivity contribution in [2.75, 3.05) is 0 Å². The van der Waals surface area contributed by atoms with E-state index in [0.29, 0.717) is 0 Å². The van der Waals surface area contributed by atoms with Gasteiger partial charge in [-0.2, -0.15) is 5.10 Å². The van der Waals surface area contributed by atoms with Crippen molar-refractivity contribution in [3.05, 3.63) is 47.0 Å². The van der Waals surface area contributed by atoms with Gasteiger partial charge >= 0.3 is 5.97 Å². The van der Waals surface area contributed by atoms with Crippen LogP contribution in [-0.4, -0.2) is 20.9 Å². The number of halogens is 1. The summed E-state index contributed by atoms with van der Waals surface area (Å²) in [6.45, 7) is 2.02. The lowest BCUT2D eigenvalue weighted by atomic mass is 10.2. The van der Waals surface area contributed by atoms with Gasteiger partial charge in [-0.1, -0.05) is 0 Å². The normalized spacial score (nSPS) is 10.5. The van der Waals surface area contributed by atoms with Gasteiger partial charge in [-0.25, -0.2) is 9.18 Å². The number of benzene rings is 1. The molecular weight excluding hydrogens is 251 g/mol. The van der Waals surface area contributed by atoms with Gasteiger partial charge in [0.2, 0.25) is 0 Å². The molecule has 0 spiro atoms. The molecule has 0 bridgehead atoms. The molecule has 1 aromatic heterocycles. The van der Waals surface area contributed by atoms with Crippen LogP contribution in [0.4, 0.5) is 4.39 Å². The molecule has 0 radical (unpaired) electrons. The number of nitrogens with zero attached hydrogens (tertiary/aromatic N) is 2. The summed E-state index contributed by atoms with van der Waals surface area (Å²) in [6, 6.07) is 5.24. The number of hydrogen-bond acceptors (Lipinski definition) is 3. The van der Waals surface area contributed by atoms with Gasteiger partial charge < -0.3 is 9.84 Å². The average molecular weight is 264 g/mol. The Bertz CT molecular complexity index is 622. The standard InChI is InChI=1S/C13H13FN2O3/c1-8-5-10(16(2)15-8)7-19-12-4-3-9(14)6-11(12)13(17)18/h3-6H,7H2,1-2H3,(H,17,18). The summed E-state index contributed by atoms with van der Waals surface area (Å²) in [6.07, 6.45) is 0. The van der Waals surface area contributed by atoms with Crippen LogP contribution in [0.25, 0.3) is 0 Å². The molecule has 1 heterocycles. The highest BCUT2D eigenvalue weighted by molar-refractivity contribution is 5.90. The number of aromatic carboxylic acids is 1. The van der Waals surface area contributed by atoms with Crippen molar-refractivity contribution >= 4 is 5.97 Å². The first-order valence-electron chi connectivity index (χ1n) is 5.62. The monoisotopic (exact) mass is 264 g/mol. The molecule has 1 aromatic carbocycles. The predicted molar refractivity (Wildman–Crippen MR) is 65.6 cm³/mol. The zero-order valence-corrected chi connectivity index (χ0v) is 10.6. The quantitative estimate of drug-likeness (QED) is 0.919. The molecule has 0 aliphatic heterocycles. The lowest BCUT2D eigenvalue weighted by Gasteiger charge is -2.09. The van der Waals surface area contributed by atoms with Gasteiger partial charge in [0.1, 0.15) is 23.7 Å². The Morgan fingerprint density at radius 3 is 2.79 bits per heavy atom. The zero-order chi connectivity index (χ0) is 14.0. The first-order chi connectivity index (χ1) is 8.97. The van der Waals surface area contributed by atoms with Crippen molar-refractivity contribution in [2.45, 2.75) is 13.5 Å². The summed E-state index contributed by atoms with van der Waals surface area (Å²) in [4.78, 5) is 11.0. The maximum Gasteiger partial charge on any atom is 0.339 e. The number of carboxylic acids is 1. The van der Waals surface area contributed by atoms with Crippen LogP contribution in [0.1, 0.15) is 21.7 Å². The second-order valence-electron chi connectivity index (χ2n) is 4.13. The number of carboxylic acid groups (broad SMARTS) is 1. The molecule has 100 valence electrons. The maximum atomic E-state index is 13.0. The third-order valence-corrected chi connectivity index (χ3v) is 2.65. The summed E-state index contributed by atoms with van der Waals surface area (Å²) in [5, 5.41) is 13.1. The van der Waals surface area contributed by atoms with Crippen LogP contribution in [0.15, 0.2) is 24.3 Å². The highest BCUT2D eigenvalue weighted by atomic mass is 19.1. The lowest BCUT2D eigenvalue weighted by molar-refractivity contribution is 0.0691. The Balaban J connectivity index is 2.20. The van der Waals surface area contributed by atoms with Crippen LogP contribution in [0.2, 0.25) is 0 Å². The maximum absolute atomic E-state index is 13.0. The summed E-state index contributed by atoms with van der Waals surface area (Å²) in [5.41, 5.74) is 1.45. The number of carbonyl (C=O) groups is 1. The largest absolute Gasteiger partial charge is 0.486 e. The molecule has 19 heavy (non-hydrogen) atoms. The summed E-state index contributed by atoms with van der Waals surface area (Å²) >= 11 is 0. The van der Waals surface area contributed by atoms with Gasteiger partial charge in [0.05, 0.1) is 11.4 Å². The first-order valence-corrected chi connectivity index (χ1v) is 5.62. The molecule has 2 rings (SSSR count). The van der Waals surface area contributed by atoms with E-state index >= 15 is 0 Å². The van der Waals surface area contributed by atoms with Gasteiger partial charge in [-0.3, -0.25) is 4.68 Å². The van der Waals surface area contributed by atoms with Crippen LogP contribution >= 0.6 is 0 Å². The summed E-state index contributed by atoms with van der Waals surface area (Å²) < 4.78 is 20.1. The molecule has 6 heteroatoms. The summed E-state index contributed by atoms with van der Waals surface area (Å²) in [5.74, 6) is -1.70. The number of aromatic nitrogens is 2. The molecule has 0 unspecified atom stereocenters. The summed E-state index contributed by atoms with van der Waals surface area (Å²) in [7, 11) is 1.77. The SMILES string of the molecule is Cc1cc(COc2ccc(F)cc2C(=O)O)n(C)n1. The average Bonchev–Trinajstić information content (AvgIpc) is 2.66. The van der Waals surface area contributed by atoms with E-state index in [9.17, 15) is 9.18 Å². The predicted octanol–water partition coefficient (Wildman–Crippen LogP) is 2.14. The molecular formula is C13H13FN2O3. The molecule has 0 atom stereocenters. The van der Waals surface area contributed by atoms with Crippen molar-refractivity contribution in [1.29, 1.82) is 0 Å². The number of ether oxygens (including phenoxy) is 1. The highest BCUT2D eigenvalue weighted by Crippen LogP contribution is 2.21. The Kier molecular flexibility index (Phi) is 3.50. The molecule has 5 nitrogen and oxygen atoms in total. The fourth-order valence-corrected chi connectivity index (χ4v) is 1.75. The minimum absolute atomic E-state index is 0.132. The van der Waals surface area contributed by atoms with Crippen LogP contribution in [0, 0.1) is 12.7 Å². The van der Waals surface area contributed by atoms with Crippen molar-refractivity contribution < 1.29 is 19.0 Å². The van der Waals surface area contributed by atoms with Gasteiger partial charge in [-0.15, -0.1) is 0 Å². The van der Waals surface area contributed by atoms with Crippen molar-refractivity contribution in [1.82, 2.24) is 9.78 Å². The lowest BCUT2D eigenvalue weighted by Crippen LogP contribution is -2.06. The molecule has 0 fully saturated rings. The third-order valence-electron chi connectivity index (χ3n) is 2.65. The zero-order valence-electron chi connectivity index (χ0n) is 10.6. The smallest absolute Gasteiger partial charge is 0.339 e. The fourth-order valence-electron chi connectivity index (χ4n) is 1.75. The van der Waals surface area contributed by atoms with E-state index in [1.165, 1.54) is 6.07 Å². The Morgan fingerprint density at radius 2 is 2.21 bits per heavy atom. The van der Waals surface area contributed by atoms with Gasteiger partial charge in [0.15, 0.2) is 0 Å². The van der Waals surface area contributed by atoms with Gasteiger partial charge in [0, 0.05) is 7.05 Å². The molecule has 0 aliphatic carbocycles. The number of hydrogen-bond donors (Lipinski definition) is 1. The number of aryl methyl sites for hydroxylation is 2. The molecule has 0 saturated carbocycles. The molecule has 0 saturated heterocycles. The fraction of sp³-hybridized carbons (Fsp3) is 0.231. The van der Waals surface area contributed by atoms with E-state index in [1.54, 1.807) is 11.7 Å². The second kappa shape index (κ2) is 5.09. The molecule has 0 aliphatic rings. The molecule has 2 aromatic rings. The second-order valence-corrected chi connectivity index (χ2v) is 4.13. The number of rotatable bonds is 4. The van der Waals surface area contributed by atoms with Crippen molar-refractivity contribution in [3.8, 4) is 5.75 Å². The van der Waals surface area contributed by atoms with Crippen LogP contribution < -0.4 is 4.74 Å². The Labute approximate surface area is 109 Å². The Hall–Kier alpha value is -2.37. The molecule has 0 amide bonds. The topological polar surface area (TPSA) is 64.3 Å². The van der Waals surface area contributed by atoms with Crippen LogP contribution in [0.5, 0.6) is 5.75 Å². The van der Waals surface area contributed by atoms with E-state index in [1.807, 2.05) is 13.0 Å². The van der Waals surface area contributed by atoms with E-state index in [-0.39, 0.29) is 17.9 Å². The van der Waals surface area contributed by atoms with E-state index in [2.05, 4.69) is 5.10 Å². The van der Waals surface area contributed by atoms with Crippen LogP contribution in [0.3, 0.4) is 0 Å². The van der Waals surface area contributed by atoms with Crippen LogP contribution in [-0.2, 0) is 13.7 Å². The highest BCUT2D eigenvalue weighted by Gasteiger charge is 2.13. The van der Waals surface area contributed by atoms with Crippen molar-refractivity contribution in [2.24, 2.45) is 7.05 Å².